The Balaban J connectivity index is 1.72. The molecule has 0 aliphatic carbocycles. The van der Waals surface area contributed by atoms with Crippen LogP contribution in [0.15, 0.2) is 77.2 Å². The predicted molar refractivity (Wildman–Crippen MR) is 116 cm³/mol. The number of nitrogens with one attached hydrogen (secondary N) is 2. The van der Waals surface area contributed by atoms with Crippen molar-refractivity contribution in [3.05, 3.63) is 89.7 Å². The Kier molecular flexibility index (Phi) is 5.22. The number of methoxy groups -OCH3 is 1. The molecule has 0 radical (unpaired) electrons. The van der Waals surface area contributed by atoms with Gasteiger partial charge in [0.15, 0.2) is 0 Å². The Hall–Kier alpha value is -4.06. The Labute approximate surface area is 173 Å². The maximum Gasteiger partial charge on any atom is 0.293 e. The zero-order valence-corrected chi connectivity index (χ0v) is 16.6. The Morgan fingerprint density at radius 3 is 2.33 bits per heavy atom. The summed E-state index contributed by atoms with van der Waals surface area (Å²) >= 11 is 0. The van der Waals surface area contributed by atoms with Crippen LogP contribution in [0.5, 0.6) is 5.75 Å². The van der Waals surface area contributed by atoms with Crippen LogP contribution in [-0.2, 0) is 0 Å². The van der Waals surface area contributed by atoms with E-state index >= 15 is 0 Å². The third-order valence-corrected chi connectivity index (χ3v) is 4.79. The third-order valence-electron chi connectivity index (χ3n) is 4.79. The molecular formula is C24H20N2O4. The number of ether oxygens (including phenoxy) is 1. The summed E-state index contributed by atoms with van der Waals surface area (Å²) < 4.78 is 11.1. The van der Waals surface area contributed by atoms with Crippen molar-refractivity contribution in [2.75, 3.05) is 17.7 Å². The van der Waals surface area contributed by atoms with E-state index in [1.165, 1.54) is 7.11 Å². The first-order valence-electron chi connectivity index (χ1n) is 9.41. The first-order valence-corrected chi connectivity index (χ1v) is 9.41. The first-order chi connectivity index (χ1) is 14.6. The summed E-state index contributed by atoms with van der Waals surface area (Å²) in [5.41, 5.74) is 2.69. The van der Waals surface area contributed by atoms with Gasteiger partial charge in [-0.2, -0.15) is 0 Å². The summed E-state index contributed by atoms with van der Waals surface area (Å²) in [5.74, 6) is -0.265. The number of furan rings is 1. The quantitative estimate of drug-likeness (QED) is 0.479. The lowest BCUT2D eigenvalue weighted by Gasteiger charge is -2.10. The smallest absolute Gasteiger partial charge is 0.293 e. The minimum atomic E-state index is -0.490. The molecule has 6 heteroatoms. The third kappa shape index (κ3) is 3.63. The number of hydrogen-bond acceptors (Lipinski definition) is 4. The van der Waals surface area contributed by atoms with E-state index in [0.29, 0.717) is 33.7 Å². The average Bonchev–Trinajstić information content (AvgIpc) is 3.13. The molecule has 30 heavy (non-hydrogen) atoms. The van der Waals surface area contributed by atoms with Crippen LogP contribution in [0.25, 0.3) is 11.0 Å². The van der Waals surface area contributed by atoms with Gasteiger partial charge in [-0.1, -0.05) is 42.5 Å². The van der Waals surface area contributed by atoms with E-state index < -0.39 is 5.91 Å². The van der Waals surface area contributed by atoms with E-state index in [-0.39, 0.29) is 11.7 Å². The van der Waals surface area contributed by atoms with Gasteiger partial charge in [-0.15, -0.1) is 0 Å². The summed E-state index contributed by atoms with van der Waals surface area (Å²) in [4.78, 5) is 26.0. The van der Waals surface area contributed by atoms with Crippen LogP contribution in [0.3, 0.4) is 0 Å². The van der Waals surface area contributed by atoms with E-state index in [0.717, 1.165) is 5.56 Å². The largest absolute Gasteiger partial charge is 0.495 e. The summed E-state index contributed by atoms with van der Waals surface area (Å²) in [6.45, 7) is 1.86. The number of aryl methyl sites for hydroxylation is 1. The summed E-state index contributed by atoms with van der Waals surface area (Å²) in [6, 6.07) is 21.5. The topological polar surface area (TPSA) is 80.6 Å². The van der Waals surface area contributed by atoms with Crippen LogP contribution in [0, 0.1) is 6.92 Å². The molecule has 1 aromatic heterocycles. The number of carbonyl (C=O) groups excluding carboxylic acids is 2. The minimum absolute atomic E-state index is 0.0176. The number of rotatable bonds is 5. The first kappa shape index (κ1) is 19.3. The van der Waals surface area contributed by atoms with Crippen molar-refractivity contribution in [1.82, 2.24) is 0 Å². The fourth-order valence-electron chi connectivity index (χ4n) is 3.26. The normalized spacial score (nSPS) is 10.6. The summed E-state index contributed by atoms with van der Waals surface area (Å²) in [5, 5.41) is 6.30. The number of anilines is 2. The lowest BCUT2D eigenvalue weighted by molar-refractivity contribution is 0.0999. The average molecular weight is 400 g/mol. The van der Waals surface area contributed by atoms with Crippen molar-refractivity contribution in [3.63, 3.8) is 0 Å². The van der Waals surface area contributed by atoms with Gasteiger partial charge in [-0.05, 0) is 42.8 Å². The van der Waals surface area contributed by atoms with Crippen molar-refractivity contribution < 1.29 is 18.7 Å². The van der Waals surface area contributed by atoms with Gasteiger partial charge in [0.25, 0.3) is 11.8 Å². The molecule has 0 bridgehead atoms. The van der Waals surface area contributed by atoms with Crippen LogP contribution in [0.1, 0.15) is 26.5 Å². The standard InChI is InChI=1S/C24H20N2O4/c1-15-9-3-4-10-16(15)23(27)26-21-17-11-5-7-13-19(17)30-22(21)24(28)25-18-12-6-8-14-20(18)29-2/h3-14H,1-2H3,(H,25,28)(H,26,27). The molecule has 0 unspecified atom stereocenters. The molecule has 0 fully saturated rings. The Bertz CT molecular complexity index is 1240. The highest BCUT2D eigenvalue weighted by Crippen LogP contribution is 2.33. The zero-order chi connectivity index (χ0) is 21.1. The summed E-state index contributed by atoms with van der Waals surface area (Å²) in [6.07, 6.45) is 0. The molecule has 3 aromatic carbocycles. The second-order valence-electron chi connectivity index (χ2n) is 6.73. The highest BCUT2D eigenvalue weighted by atomic mass is 16.5. The number of para-hydroxylation sites is 3. The lowest BCUT2D eigenvalue weighted by atomic mass is 10.1. The van der Waals surface area contributed by atoms with Crippen LogP contribution in [-0.4, -0.2) is 18.9 Å². The molecule has 0 saturated carbocycles. The van der Waals surface area contributed by atoms with Gasteiger partial charge in [0.2, 0.25) is 5.76 Å². The second kappa shape index (κ2) is 8.13. The highest BCUT2D eigenvalue weighted by Gasteiger charge is 2.24. The van der Waals surface area contributed by atoms with E-state index in [2.05, 4.69) is 10.6 Å². The van der Waals surface area contributed by atoms with Gasteiger partial charge in [0.1, 0.15) is 17.0 Å². The highest BCUT2D eigenvalue weighted by molar-refractivity contribution is 6.17. The monoisotopic (exact) mass is 400 g/mol. The lowest BCUT2D eigenvalue weighted by Crippen LogP contribution is -2.18. The van der Waals surface area contributed by atoms with Crippen LogP contribution >= 0.6 is 0 Å². The van der Waals surface area contributed by atoms with Crippen LogP contribution in [0.2, 0.25) is 0 Å². The molecule has 0 spiro atoms. The van der Waals surface area contributed by atoms with Gasteiger partial charge >= 0.3 is 0 Å². The van der Waals surface area contributed by atoms with Crippen molar-refractivity contribution >= 4 is 34.2 Å². The molecule has 2 amide bonds. The summed E-state index contributed by atoms with van der Waals surface area (Å²) in [7, 11) is 1.53. The molecule has 1 heterocycles. The van der Waals surface area contributed by atoms with Gasteiger partial charge in [0, 0.05) is 10.9 Å². The maximum absolute atomic E-state index is 13.0. The Morgan fingerprint density at radius 1 is 0.833 bits per heavy atom. The van der Waals surface area contributed by atoms with Crippen molar-refractivity contribution in [1.29, 1.82) is 0 Å². The van der Waals surface area contributed by atoms with E-state index in [4.69, 9.17) is 9.15 Å². The van der Waals surface area contributed by atoms with Crippen LogP contribution in [0.4, 0.5) is 11.4 Å². The molecule has 4 rings (SSSR count). The number of fused-ring (bicyclic) bond motifs is 1. The maximum atomic E-state index is 13.0. The van der Waals surface area contributed by atoms with Crippen molar-refractivity contribution in [3.8, 4) is 5.75 Å². The SMILES string of the molecule is COc1ccccc1NC(=O)c1oc2ccccc2c1NC(=O)c1ccccc1C. The number of hydrogen-bond donors (Lipinski definition) is 2. The van der Waals surface area contributed by atoms with Crippen molar-refractivity contribution in [2.24, 2.45) is 0 Å². The molecule has 0 saturated heterocycles. The van der Waals surface area contributed by atoms with E-state index in [1.807, 2.05) is 31.2 Å². The molecule has 150 valence electrons. The molecule has 0 aliphatic rings. The molecule has 2 N–H and O–H groups in total. The fourth-order valence-corrected chi connectivity index (χ4v) is 3.26. The van der Waals surface area contributed by atoms with E-state index in [1.54, 1.807) is 48.5 Å². The fraction of sp³-hybridized carbons (Fsp3) is 0.0833. The van der Waals surface area contributed by atoms with E-state index in [9.17, 15) is 9.59 Å². The second-order valence-corrected chi connectivity index (χ2v) is 6.73. The van der Waals surface area contributed by atoms with Gasteiger partial charge < -0.3 is 19.8 Å². The number of carbonyl (C=O) groups is 2. The minimum Gasteiger partial charge on any atom is -0.495 e. The molecular weight excluding hydrogens is 380 g/mol. The Morgan fingerprint density at radius 2 is 1.53 bits per heavy atom. The molecule has 0 atom stereocenters. The predicted octanol–water partition coefficient (Wildman–Crippen LogP) is 5.25. The number of benzene rings is 3. The number of amides is 2. The zero-order valence-electron chi connectivity index (χ0n) is 16.6. The van der Waals surface area contributed by atoms with Gasteiger partial charge in [-0.25, -0.2) is 0 Å². The molecule has 0 aliphatic heterocycles. The van der Waals surface area contributed by atoms with Crippen molar-refractivity contribution in [2.45, 2.75) is 6.92 Å². The van der Waals surface area contributed by atoms with Crippen LogP contribution < -0.4 is 15.4 Å². The molecule has 6 nitrogen and oxygen atoms in total. The van der Waals surface area contributed by atoms with Gasteiger partial charge in [0.05, 0.1) is 12.8 Å². The molecule has 4 aromatic rings. The van der Waals surface area contributed by atoms with Gasteiger partial charge in [-0.3, -0.25) is 9.59 Å².